The van der Waals surface area contributed by atoms with Crippen LogP contribution in [0.15, 0.2) is 29.2 Å². The van der Waals surface area contributed by atoms with Gasteiger partial charge in [-0.25, -0.2) is 0 Å². The number of aliphatic hydroxyl groups is 1. The van der Waals surface area contributed by atoms with Gasteiger partial charge in [-0.2, -0.15) is 0 Å². The Hall–Kier alpha value is -1.82. The summed E-state index contributed by atoms with van der Waals surface area (Å²) in [6, 6.07) is 3.60. The molecule has 2 aliphatic heterocycles. The number of thiophene rings is 1. The lowest BCUT2D eigenvalue weighted by molar-refractivity contribution is -0.136. The number of carbonyl (C=O) groups excluding carboxylic acids is 2. The van der Waals surface area contributed by atoms with Crippen LogP contribution in [0.1, 0.15) is 24.6 Å². The Labute approximate surface area is 114 Å². The summed E-state index contributed by atoms with van der Waals surface area (Å²) < 4.78 is 5.67. The lowest BCUT2D eigenvalue weighted by Crippen LogP contribution is -2.31. The molecule has 1 N–H and O–H groups in total. The number of Topliss-reactive ketones (excluding diaryl/α,β-unsaturated/α-hetero) is 1. The predicted molar refractivity (Wildman–Crippen MR) is 68.4 cm³/mol. The molecule has 3 heterocycles. The van der Waals surface area contributed by atoms with Crippen molar-refractivity contribution in [2.24, 2.45) is 0 Å². The van der Waals surface area contributed by atoms with Gasteiger partial charge < -0.3 is 9.84 Å². The van der Waals surface area contributed by atoms with Crippen LogP contribution in [0.2, 0.25) is 0 Å². The normalized spacial score (nSPS) is 27.3. The summed E-state index contributed by atoms with van der Waals surface area (Å²) >= 11 is 1.38. The Balaban J connectivity index is 1.97. The standard InChI is InChI=1S/C13H13NO4S/c1-13(8-4-3-7-19-8)11(17)10(16)12(18-13)14-6-2-5-9(14)15/h3-4,7,16H,2,5-6H2,1H3. The Morgan fingerprint density at radius 3 is 2.84 bits per heavy atom. The molecule has 1 unspecified atom stereocenters. The molecule has 1 amide bonds. The van der Waals surface area contributed by atoms with Crippen molar-refractivity contribution < 1.29 is 19.4 Å². The first-order chi connectivity index (χ1) is 9.04. The van der Waals surface area contributed by atoms with E-state index in [0.29, 0.717) is 24.3 Å². The monoisotopic (exact) mass is 279 g/mol. The quantitative estimate of drug-likeness (QED) is 0.898. The number of ketones is 1. The second-order valence-corrected chi connectivity index (χ2v) is 5.69. The predicted octanol–water partition coefficient (Wildman–Crippen LogP) is 1.91. The van der Waals surface area contributed by atoms with E-state index in [9.17, 15) is 14.7 Å². The van der Waals surface area contributed by atoms with Crippen LogP contribution in [0.3, 0.4) is 0 Å². The fourth-order valence-electron chi connectivity index (χ4n) is 2.37. The van der Waals surface area contributed by atoms with Gasteiger partial charge in [-0.05, 0) is 24.8 Å². The van der Waals surface area contributed by atoms with E-state index < -0.39 is 17.1 Å². The van der Waals surface area contributed by atoms with Gasteiger partial charge in [-0.1, -0.05) is 6.07 Å². The van der Waals surface area contributed by atoms with Gasteiger partial charge in [0.05, 0.1) is 4.88 Å². The molecule has 100 valence electrons. The molecule has 1 atom stereocenters. The number of ether oxygens (including phenoxy) is 1. The van der Waals surface area contributed by atoms with Crippen molar-refractivity contribution >= 4 is 23.0 Å². The number of carbonyl (C=O) groups is 2. The number of hydrogen-bond donors (Lipinski definition) is 1. The first kappa shape index (κ1) is 12.2. The van der Waals surface area contributed by atoms with Gasteiger partial charge in [0.2, 0.25) is 23.2 Å². The van der Waals surface area contributed by atoms with Crippen molar-refractivity contribution in [1.82, 2.24) is 4.90 Å². The van der Waals surface area contributed by atoms with Gasteiger partial charge in [0.1, 0.15) is 0 Å². The topological polar surface area (TPSA) is 66.8 Å². The summed E-state index contributed by atoms with van der Waals surface area (Å²) in [6.07, 6.45) is 1.13. The molecule has 0 spiro atoms. The minimum Gasteiger partial charge on any atom is -0.501 e. The molecule has 19 heavy (non-hydrogen) atoms. The van der Waals surface area contributed by atoms with Crippen molar-refractivity contribution in [2.45, 2.75) is 25.4 Å². The van der Waals surface area contributed by atoms with E-state index in [1.807, 2.05) is 11.4 Å². The summed E-state index contributed by atoms with van der Waals surface area (Å²) in [7, 11) is 0. The van der Waals surface area contributed by atoms with Crippen molar-refractivity contribution in [3.05, 3.63) is 34.0 Å². The van der Waals surface area contributed by atoms with Gasteiger partial charge >= 0.3 is 0 Å². The maximum absolute atomic E-state index is 12.2. The van der Waals surface area contributed by atoms with E-state index in [1.165, 1.54) is 16.2 Å². The van der Waals surface area contributed by atoms with Crippen molar-refractivity contribution in [3.8, 4) is 0 Å². The highest BCUT2D eigenvalue weighted by Gasteiger charge is 2.51. The fraction of sp³-hybridized carbons (Fsp3) is 0.385. The van der Waals surface area contributed by atoms with Crippen molar-refractivity contribution in [1.29, 1.82) is 0 Å². The molecular formula is C13H13NO4S. The molecule has 3 rings (SSSR count). The van der Waals surface area contributed by atoms with E-state index in [1.54, 1.807) is 13.0 Å². The van der Waals surface area contributed by atoms with E-state index >= 15 is 0 Å². The lowest BCUT2D eigenvalue weighted by Gasteiger charge is -2.24. The largest absolute Gasteiger partial charge is 0.501 e. The molecule has 6 heteroatoms. The van der Waals surface area contributed by atoms with Crippen molar-refractivity contribution in [3.63, 3.8) is 0 Å². The zero-order valence-electron chi connectivity index (χ0n) is 10.4. The van der Waals surface area contributed by atoms with Crippen LogP contribution in [-0.4, -0.2) is 28.2 Å². The highest BCUT2D eigenvalue weighted by Crippen LogP contribution is 2.41. The van der Waals surface area contributed by atoms with Crippen LogP contribution in [0.5, 0.6) is 0 Å². The molecule has 1 aromatic heterocycles. The Bertz CT molecular complexity index is 577. The van der Waals surface area contributed by atoms with E-state index in [2.05, 4.69) is 0 Å². The third kappa shape index (κ3) is 1.67. The van der Waals surface area contributed by atoms with Gasteiger partial charge in [-0.3, -0.25) is 14.5 Å². The first-order valence-electron chi connectivity index (χ1n) is 6.05. The number of hydrogen-bond acceptors (Lipinski definition) is 5. The molecule has 2 aliphatic rings. The minimum absolute atomic E-state index is 0.00315. The fourth-order valence-corrected chi connectivity index (χ4v) is 3.19. The molecule has 0 saturated carbocycles. The van der Waals surface area contributed by atoms with Crippen LogP contribution >= 0.6 is 11.3 Å². The van der Waals surface area contributed by atoms with Crippen LogP contribution in [-0.2, 0) is 19.9 Å². The molecule has 1 saturated heterocycles. The summed E-state index contributed by atoms with van der Waals surface area (Å²) in [5, 5.41) is 11.8. The van der Waals surface area contributed by atoms with Gasteiger partial charge in [0, 0.05) is 13.0 Å². The number of nitrogens with zero attached hydrogens (tertiary/aromatic N) is 1. The number of rotatable bonds is 2. The first-order valence-corrected chi connectivity index (χ1v) is 6.93. The van der Waals surface area contributed by atoms with E-state index in [-0.39, 0.29) is 11.8 Å². The van der Waals surface area contributed by atoms with Crippen LogP contribution in [0, 0.1) is 0 Å². The van der Waals surface area contributed by atoms with Gasteiger partial charge in [0.15, 0.2) is 0 Å². The molecule has 0 bridgehead atoms. The highest BCUT2D eigenvalue weighted by atomic mass is 32.1. The second-order valence-electron chi connectivity index (χ2n) is 4.74. The van der Waals surface area contributed by atoms with Crippen LogP contribution in [0.25, 0.3) is 0 Å². The minimum atomic E-state index is -1.23. The number of amides is 1. The molecule has 1 aromatic rings. The molecule has 0 aliphatic carbocycles. The van der Waals surface area contributed by atoms with E-state index in [0.717, 1.165) is 0 Å². The van der Waals surface area contributed by atoms with E-state index in [4.69, 9.17) is 4.74 Å². The Morgan fingerprint density at radius 1 is 1.47 bits per heavy atom. The Kier molecular flexibility index (Phi) is 2.63. The molecular weight excluding hydrogens is 266 g/mol. The number of likely N-dealkylation sites (tertiary alicyclic amines) is 1. The Morgan fingerprint density at radius 2 is 2.26 bits per heavy atom. The third-order valence-corrected chi connectivity index (χ3v) is 4.53. The molecule has 1 fully saturated rings. The number of aliphatic hydroxyl groups excluding tert-OH is 1. The third-order valence-electron chi connectivity index (χ3n) is 3.46. The average molecular weight is 279 g/mol. The zero-order valence-corrected chi connectivity index (χ0v) is 11.2. The van der Waals surface area contributed by atoms with Gasteiger partial charge in [-0.15, -0.1) is 11.3 Å². The summed E-state index contributed by atoms with van der Waals surface area (Å²) in [5.41, 5.74) is -1.23. The highest BCUT2D eigenvalue weighted by molar-refractivity contribution is 7.10. The zero-order chi connectivity index (χ0) is 13.6. The van der Waals surface area contributed by atoms with Gasteiger partial charge in [0.25, 0.3) is 5.78 Å². The lowest BCUT2D eigenvalue weighted by atomic mass is 9.99. The summed E-state index contributed by atoms with van der Waals surface area (Å²) in [5.74, 6) is -1.07. The average Bonchev–Trinajstić information content (AvgIpc) is 3.08. The molecule has 0 aromatic carbocycles. The summed E-state index contributed by atoms with van der Waals surface area (Å²) in [6.45, 7) is 2.09. The van der Waals surface area contributed by atoms with Crippen LogP contribution in [0.4, 0.5) is 0 Å². The summed E-state index contributed by atoms with van der Waals surface area (Å²) in [4.78, 5) is 26.0. The maximum Gasteiger partial charge on any atom is 0.251 e. The smallest absolute Gasteiger partial charge is 0.251 e. The maximum atomic E-state index is 12.2. The SMILES string of the molecule is CC1(c2cccs2)OC(N2CCCC2=O)=C(O)C1=O. The molecule has 0 radical (unpaired) electrons. The molecule has 5 nitrogen and oxygen atoms in total. The van der Waals surface area contributed by atoms with Crippen LogP contribution < -0.4 is 0 Å². The van der Waals surface area contributed by atoms with Crippen molar-refractivity contribution in [2.75, 3.05) is 6.54 Å². The second kappa shape index (κ2) is 4.09.